The lowest BCUT2D eigenvalue weighted by Gasteiger charge is -2.07. The molecule has 0 fully saturated rings. The maximum Gasteiger partial charge on any atom is 0.193 e. The summed E-state index contributed by atoms with van der Waals surface area (Å²) in [6.07, 6.45) is 0. The number of hydrogen-bond donors (Lipinski definition) is 1. The molecule has 0 atom stereocenters. The maximum absolute atomic E-state index is 12.3. The lowest BCUT2D eigenvalue weighted by Crippen LogP contribution is -2.03. The van der Waals surface area contributed by atoms with Crippen LogP contribution in [-0.4, -0.2) is 19.5 Å². The molecular formula is C16H17NO3. The minimum absolute atomic E-state index is 0.0811. The number of benzene rings is 2. The maximum atomic E-state index is 12.3. The highest BCUT2D eigenvalue weighted by Gasteiger charge is 2.11. The fourth-order valence-electron chi connectivity index (χ4n) is 1.91. The van der Waals surface area contributed by atoms with Crippen LogP contribution in [0.5, 0.6) is 11.5 Å². The van der Waals surface area contributed by atoms with E-state index in [9.17, 15) is 4.79 Å². The van der Waals surface area contributed by atoms with Gasteiger partial charge in [0.05, 0.1) is 19.4 Å². The van der Waals surface area contributed by atoms with E-state index in [1.807, 2.05) is 6.92 Å². The van der Waals surface area contributed by atoms with Gasteiger partial charge in [-0.15, -0.1) is 0 Å². The zero-order valence-electron chi connectivity index (χ0n) is 11.6. The van der Waals surface area contributed by atoms with Gasteiger partial charge in [-0.1, -0.05) is 0 Å². The van der Waals surface area contributed by atoms with Crippen molar-refractivity contribution in [3.05, 3.63) is 53.6 Å². The van der Waals surface area contributed by atoms with E-state index in [2.05, 4.69) is 0 Å². The number of carbonyl (C=O) groups excluding carboxylic acids is 1. The molecule has 104 valence electrons. The number of ketones is 1. The predicted molar refractivity (Wildman–Crippen MR) is 78.4 cm³/mol. The van der Waals surface area contributed by atoms with E-state index >= 15 is 0 Å². The van der Waals surface area contributed by atoms with E-state index in [0.717, 1.165) is 5.75 Å². The van der Waals surface area contributed by atoms with Crippen LogP contribution in [0.4, 0.5) is 5.69 Å². The molecule has 0 aliphatic rings. The van der Waals surface area contributed by atoms with Crippen LogP contribution >= 0.6 is 0 Å². The van der Waals surface area contributed by atoms with Crippen molar-refractivity contribution >= 4 is 11.5 Å². The molecule has 2 aromatic rings. The van der Waals surface area contributed by atoms with Crippen LogP contribution < -0.4 is 15.2 Å². The molecule has 0 amide bonds. The number of hydrogen-bond acceptors (Lipinski definition) is 4. The Labute approximate surface area is 118 Å². The van der Waals surface area contributed by atoms with Crippen molar-refractivity contribution in [2.24, 2.45) is 0 Å². The van der Waals surface area contributed by atoms with Crippen LogP contribution in [-0.2, 0) is 0 Å². The van der Waals surface area contributed by atoms with E-state index in [-0.39, 0.29) is 5.78 Å². The molecule has 0 radical (unpaired) electrons. The molecule has 2 rings (SSSR count). The SMILES string of the molecule is CCOc1ccc(C(=O)c2ccc(OC)c(N)c2)cc1. The van der Waals surface area contributed by atoms with Crippen LogP contribution in [0, 0.1) is 0 Å². The first kappa shape index (κ1) is 13.9. The van der Waals surface area contributed by atoms with Gasteiger partial charge in [0.15, 0.2) is 5.78 Å². The van der Waals surface area contributed by atoms with Crippen molar-refractivity contribution in [1.82, 2.24) is 0 Å². The smallest absolute Gasteiger partial charge is 0.193 e. The molecule has 0 heterocycles. The van der Waals surface area contributed by atoms with Crippen molar-refractivity contribution in [2.75, 3.05) is 19.5 Å². The summed E-state index contributed by atoms with van der Waals surface area (Å²) in [6.45, 7) is 2.52. The Morgan fingerprint density at radius 3 is 2.30 bits per heavy atom. The van der Waals surface area contributed by atoms with Gasteiger partial charge in [-0.3, -0.25) is 4.79 Å². The molecular weight excluding hydrogens is 254 g/mol. The van der Waals surface area contributed by atoms with Crippen LogP contribution in [0.3, 0.4) is 0 Å². The quantitative estimate of drug-likeness (QED) is 0.671. The summed E-state index contributed by atoms with van der Waals surface area (Å²) in [7, 11) is 1.54. The van der Waals surface area contributed by atoms with Crippen molar-refractivity contribution in [2.45, 2.75) is 6.92 Å². The highest BCUT2D eigenvalue weighted by atomic mass is 16.5. The first-order valence-corrected chi connectivity index (χ1v) is 6.36. The number of methoxy groups -OCH3 is 1. The third-order valence-electron chi connectivity index (χ3n) is 2.92. The molecule has 0 saturated heterocycles. The van der Waals surface area contributed by atoms with Gasteiger partial charge >= 0.3 is 0 Å². The van der Waals surface area contributed by atoms with Gasteiger partial charge in [0.25, 0.3) is 0 Å². The third-order valence-corrected chi connectivity index (χ3v) is 2.92. The molecule has 4 heteroatoms. The zero-order chi connectivity index (χ0) is 14.5. The molecule has 20 heavy (non-hydrogen) atoms. The minimum Gasteiger partial charge on any atom is -0.495 e. The fourth-order valence-corrected chi connectivity index (χ4v) is 1.91. The number of carbonyl (C=O) groups is 1. The van der Waals surface area contributed by atoms with Crippen LogP contribution in [0.15, 0.2) is 42.5 Å². The van der Waals surface area contributed by atoms with Crippen molar-refractivity contribution in [3.8, 4) is 11.5 Å². The normalized spacial score (nSPS) is 10.1. The lowest BCUT2D eigenvalue weighted by molar-refractivity contribution is 0.103. The Hall–Kier alpha value is -2.49. The molecule has 4 nitrogen and oxygen atoms in total. The number of ether oxygens (including phenoxy) is 2. The van der Waals surface area contributed by atoms with Gasteiger partial charge in [-0.25, -0.2) is 0 Å². The summed E-state index contributed by atoms with van der Waals surface area (Å²) in [5, 5.41) is 0. The molecule has 2 N–H and O–H groups in total. The first-order valence-electron chi connectivity index (χ1n) is 6.36. The molecule has 0 spiro atoms. The number of anilines is 1. The van der Waals surface area contributed by atoms with E-state index in [0.29, 0.717) is 29.2 Å². The van der Waals surface area contributed by atoms with E-state index in [1.54, 1.807) is 49.6 Å². The minimum atomic E-state index is -0.0811. The highest BCUT2D eigenvalue weighted by molar-refractivity contribution is 6.09. The van der Waals surface area contributed by atoms with Gasteiger partial charge in [0, 0.05) is 11.1 Å². The average Bonchev–Trinajstić information content (AvgIpc) is 2.47. The standard InChI is InChI=1S/C16H17NO3/c1-3-20-13-7-4-11(5-8-13)16(18)12-6-9-15(19-2)14(17)10-12/h4-10H,3,17H2,1-2H3. The van der Waals surface area contributed by atoms with Gasteiger partial charge in [0.1, 0.15) is 11.5 Å². The summed E-state index contributed by atoms with van der Waals surface area (Å²) in [5.41, 5.74) is 7.39. The molecule has 0 aliphatic carbocycles. The lowest BCUT2D eigenvalue weighted by atomic mass is 10.0. The molecule has 0 bridgehead atoms. The van der Waals surface area contributed by atoms with Crippen molar-refractivity contribution in [3.63, 3.8) is 0 Å². The molecule has 2 aromatic carbocycles. The molecule has 0 aromatic heterocycles. The molecule has 0 unspecified atom stereocenters. The summed E-state index contributed by atoms with van der Waals surface area (Å²) in [4.78, 5) is 12.3. The fraction of sp³-hybridized carbons (Fsp3) is 0.188. The van der Waals surface area contributed by atoms with Crippen molar-refractivity contribution in [1.29, 1.82) is 0 Å². The second-order valence-electron chi connectivity index (χ2n) is 4.24. The second-order valence-corrected chi connectivity index (χ2v) is 4.24. The summed E-state index contributed by atoms with van der Waals surface area (Å²) in [5.74, 6) is 1.23. The van der Waals surface area contributed by atoms with Gasteiger partial charge < -0.3 is 15.2 Å². The van der Waals surface area contributed by atoms with Gasteiger partial charge in [-0.05, 0) is 49.4 Å². The van der Waals surface area contributed by atoms with Crippen LogP contribution in [0.1, 0.15) is 22.8 Å². The predicted octanol–water partition coefficient (Wildman–Crippen LogP) is 2.91. The Kier molecular flexibility index (Phi) is 4.25. The third kappa shape index (κ3) is 2.91. The Morgan fingerprint density at radius 1 is 1.10 bits per heavy atom. The first-order chi connectivity index (χ1) is 9.65. The average molecular weight is 271 g/mol. The number of rotatable bonds is 5. The zero-order valence-corrected chi connectivity index (χ0v) is 11.6. The van der Waals surface area contributed by atoms with Gasteiger partial charge in [-0.2, -0.15) is 0 Å². The van der Waals surface area contributed by atoms with Crippen molar-refractivity contribution < 1.29 is 14.3 Å². The van der Waals surface area contributed by atoms with E-state index in [1.165, 1.54) is 0 Å². The largest absolute Gasteiger partial charge is 0.495 e. The van der Waals surface area contributed by atoms with Crippen LogP contribution in [0.25, 0.3) is 0 Å². The van der Waals surface area contributed by atoms with Gasteiger partial charge in [0.2, 0.25) is 0 Å². The topological polar surface area (TPSA) is 61.5 Å². The Morgan fingerprint density at radius 2 is 1.75 bits per heavy atom. The highest BCUT2D eigenvalue weighted by Crippen LogP contribution is 2.24. The molecule has 0 saturated carbocycles. The van der Waals surface area contributed by atoms with E-state index < -0.39 is 0 Å². The van der Waals surface area contributed by atoms with Crippen LogP contribution in [0.2, 0.25) is 0 Å². The number of nitrogens with two attached hydrogens (primary N) is 1. The monoisotopic (exact) mass is 271 g/mol. The Bertz CT molecular complexity index is 606. The summed E-state index contributed by atoms with van der Waals surface area (Å²) < 4.78 is 10.4. The number of nitrogen functional groups attached to an aromatic ring is 1. The summed E-state index contributed by atoms with van der Waals surface area (Å²) >= 11 is 0. The summed E-state index contributed by atoms with van der Waals surface area (Å²) in [6, 6.07) is 12.1. The Balaban J connectivity index is 2.24. The molecule has 0 aliphatic heterocycles. The van der Waals surface area contributed by atoms with E-state index in [4.69, 9.17) is 15.2 Å². The second kappa shape index (κ2) is 6.10.